The van der Waals surface area contributed by atoms with Crippen molar-refractivity contribution in [3.63, 3.8) is 0 Å². The maximum atomic E-state index is 12.4. The van der Waals surface area contributed by atoms with Crippen LogP contribution in [-0.2, 0) is 4.79 Å². The molecule has 1 fully saturated rings. The number of ether oxygens (including phenoxy) is 1. The minimum absolute atomic E-state index is 0.0268. The van der Waals surface area contributed by atoms with Gasteiger partial charge in [0.1, 0.15) is 5.75 Å². The lowest BCUT2D eigenvalue weighted by Gasteiger charge is -2.38. The first-order valence-electron chi connectivity index (χ1n) is 10.2. The molecule has 1 aliphatic heterocycles. The first-order valence-corrected chi connectivity index (χ1v) is 10.2. The average Bonchev–Trinajstić information content (AvgIpc) is 2.74. The van der Waals surface area contributed by atoms with E-state index in [4.69, 9.17) is 4.74 Å². The second kappa shape index (κ2) is 10.3. The van der Waals surface area contributed by atoms with E-state index >= 15 is 0 Å². The lowest BCUT2D eigenvalue weighted by molar-refractivity contribution is -0.123. The lowest BCUT2D eigenvalue weighted by atomic mass is 10.0. The highest BCUT2D eigenvalue weighted by atomic mass is 16.5. The van der Waals surface area contributed by atoms with Crippen LogP contribution < -0.4 is 15.0 Å². The number of amides is 1. The summed E-state index contributed by atoms with van der Waals surface area (Å²) >= 11 is 0. The van der Waals surface area contributed by atoms with Crippen LogP contribution in [0.3, 0.4) is 0 Å². The third-order valence-corrected chi connectivity index (χ3v) is 5.38. The zero-order valence-electron chi connectivity index (χ0n) is 17.7. The van der Waals surface area contributed by atoms with Crippen LogP contribution in [0, 0.1) is 0 Å². The molecular formula is C23H32N4O2. The predicted molar refractivity (Wildman–Crippen MR) is 118 cm³/mol. The summed E-state index contributed by atoms with van der Waals surface area (Å²) in [5.74, 6) is 0.607. The van der Waals surface area contributed by atoms with Crippen molar-refractivity contribution >= 4 is 11.6 Å². The minimum Gasteiger partial charge on any atom is -0.484 e. The van der Waals surface area contributed by atoms with E-state index in [0.717, 1.165) is 26.2 Å². The highest BCUT2D eigenvalue weighted by Crippen LogP contribution is 2.24. The zero-order valence-corrected chi connectivity index (χ0v) is 17.7. The molecule has 1 atom stereocenters. The maximum absolute atomic E-state index is 12.4. The van der Waals surface area contributed by atoms with E-state index in [1.807, 2.05) is 44.4 Å². The summed E-state index contributed by atoms with van der Waals surface area (Å²) in [6.07, 6.45) is 0. The fourth-order valence-electron chi connectivity index (χ4n) is 3.51. The molecule has 0 bridgehead atoms. The molecule has 3 rings (SSSR count). The zero-order chi connectivity index (χ0) is 20.6. The molecule has 2 aromatic carbocycles. The smallest absolute Gasteiger partial charge is 0.258 e. The van der Waals surface area contributed by atoms with Crippen LogP contribution in [0.4, 0.5) is 5.69 Å². The van der Waals surface area contributed by atoms with Crippen LogP contribution in [0.5, 0.6) is 5.75 Å². The summed E-state index contributed by atoms with van der Waals surface area (Å²) in [7, 11) is 6.24. The van der Waals surface area contributed by atoms with E-state index in [2.05, 4.69) is 51.3 Å². The Morgan fingerprint density at radius 2 is 1.69 bits per heavy atom. The van der Waals surface area contributed by atoms with E-state index in [1.54, 1.807) is 0 Å². The van der Waals surface area contributed by atoms with Gasteiger partial charge < -0.3 is 19.9 Å². The molecule has 0 radical (unpaired) electrons. The van der Waals surface area contributed by atoms with Gasteiger partial charge >= 0.3 is 0 Å². The number of carbonyl (C=O) groups is 1. The average molecular weight is 397 g/mol. The molecule has 0 saturated carbocycles. The topological polar surface area (TPSA) is 48.1 Å². The van der Waals surface area contributed by atoms with Crippen molar-refractivity contribution in [3.05, 3.63) is 60.2 Å². The van der Waals surface area contributed by atoms with Crippen molar-refractivity contribution in [3.8, 4) is 5.75 Å². The quantitative estimate of drug-likeness (QED) is 0.742. The van der Waals surface area contributed by atoms with Crippen LogP contribution in [0.2, 0.25) is 0 Å². The summed E-state index contributed by atoms with van der Waals surface area (Å²) in [5.41, 5.74) is 2.40. The molecule has 2 aromatic rings. The Balaban J connectivity index is 1.62. The largest absolute Gasteiger partial charge is 0.484 e. The van der Waals surface area contributed by atoms with Crippen molar-refractivity contribution < 1.29 is 9.53 Å². The lowest BCUT2D eigenvalue weighted by Crippen LogP contribution is -2.48. The van der Waals surface area contributed by atoms with Gasteiger partial charge in [-0.3, -0.25) is 9.69 Å². The van der Waals surface area contributed by atoms with Gasteiger partial charge in [0, 0.05) is 52.5 Å². The van der Waals surface area contributed by atoms with Gasteiger partial charge in [-0.05, 0) is 36.9 Å². The molecule has 29 heavy (non-hydrogen) atoms. The molecule has 0 spiro atoms. The summed E-state index contributed by atoms with van der Waals surface area (Å²) in [5, 5.41) is 3.07. The molecule has 156 valence electrons. The van der Waals surface area contributed by atoms with E-state index in [0.29, 0.717) is 12.3 Å². The van der Waals surface area contributed by atoms with Gasteiger partial charge in [-0.25, -0.2) is 0 Å². The van der Waals surface area contributed by atoms with Gasteiger partial charge in [-0.2, -0.15) is 0 Å². The monoisotopic (exact) mass is 396 g/mol. The fraction of sp³-hybridized carbons (Fsp3) is 0.435. The number of rotatable bonds is 8. The molecule has 1 aliphatic rings. The second-order valence-corrected chi connectivity index (χ2v) is 7.75. The SMILES string of the molecule is CN1CCN([C@@H](CNC(=O)COc2ccccc2)c2ccc(N(C)C)cc2)CC1. The van der Waals surface area contributed by atoms with Crippen molar-refractivity contribution in [1.82, 2.24) is 15.1 Å². The highest BCUT2D eigenvalue weighted by Gasteiger charge is 2.24. The molecule has 6 nitrogen and oxygen atoms in total. The van der Waals surface area contributed by atoms with E-state index in [-0.39, 0.29) is 18.6 Å². The van der Waals surface area contributed by atoms with E-state index in [1.165, 1.54) is 11.3 Å². The van der Waals surface area contributed by atoms with Crippen LogP contribution in [-0.4, -0.2) is 76.2 Å². The number of anilines is 1. The molecule has 1 heterocycles. The Hall–Kier alpha value is -2.57. The summed E-state index contributed by atoms with van der Waals surface area (Å²) < 4.78 is 5.57. The number of nitrogens with zero attached hydrogens (tertiary/aromatic N) is 3. The van der Waals surface area contributed by atoms with Gasteiger partial charge in [0.2, 0.25) is 0 Å². The highest BCUT2D eigenvalue weighted by molar-refractivity contribution is 5.77. The fourth-order valence-corrected chi connectivity index (χ4v) is 3.51. The second-order valence-electron chi connectivity index (χ2n) is 7.75. The number of benzene rings is 2. The minimum atomic E-state index is -0.0992. The summed E-state index contributed by atoms with van der Waals surface area (Å²) in [6.45, 7) is 4.66. The Bertz CT molecular complexity index is 756. The Morgan fingerprint density at radius 1 is 1.03 bits per heavy atom. The normalized spacial score (nSPS) is 16.2. The third kappa shape index (κ3) is 6.21. The molecule has 0 aliphatic carbocycles. The molecule has 6 heteroatoms. The first kappa shape index (κ1) is 21.1. The van der Waals surface area contributed by atoms with Crippen molar-refractivity contribution in [2.75, 3.05) is 65.4 Å². The number of nitrogens with one attached hydrogen (secondary N) is 1. The van der Waals surface area contributed by atoms with Crippen molar-refractivity contribution in [1.29, 1.82) is 0 Å². The Kier molecular flexibility index (Phi) is 7.49. The number of hydrogen-bond donors (Lipinski definition) is 1. The molecule has 1 amide bonds. The predicted octanol–water partition coefficient (Wildman–Crippen LogP) is 2.24. The number of hydrogen-bond acceptors (Lipinski definition) is 5. The van der Waals surface area contributed by atoms with Crippen LogP contribution in [0.15, 0.2) is 54.6 Å². The number of likely N-dealkylation sites (N-methyl/N-ethyl adjacent to an activating group) is 1. The van der Waals surface area contributed by atoms with Gasteiger partial charge in [0.05, 0.1) is 6.04 Å². The number of para-hydroxylation sites is 1. The molecule has 1 saturated heterocycles. The van der Waals surface area contributed by atoms with Crippen LogP contribution in [0.1, 0.15) is 11.6 Å². The summed E-state index contributed by atoms with van der Waals surface area (Å²) in [4.78, 5) is 19.3. The maximum Gasteiger partial charge on any atom is 0.258 e. The van der Waals surface area contributed by atoms with Crippen LogP contribution in [0.25, 0.3) is 0 Å². The molecular weight excluding hydrogens is 364 g/mol. The molecule has 0 unspecified atom stereocenters. The van der Waals surface area contributed by atoms with E-state index in [9.17, 15) is 4.79 Å². The summed E-state index contributed by atoms with van der Waals surface area (Å²) in [6, 6.07) is 18.2. The van der Waals surface area contributed by atoms with Crippen molar-refractivity contribution in [2.24, 2.45) is 0 Å². The molecule has 0 aromatic heterocycles. The van der Waals surface area contributed by atoms with E-state index < -0.39 is 0 Å². The standard InChI is InChI=1S/C23H32N4O2/c1-25(2)20-11-9-19(10-12-20)22(27-15-13-26(3)14-16-27)17-24-23(28)18-29-21-7-5-4-6-8-21/h4-12,22H,13-18H2,1-3H3,(H,24,28)/t22-/m0/s1. The van der Waals surface area contributed by atoms with Gasteiger partial charge in [-0.1, -0.05) is 30.3 Å². The molecule has 1 N–H and O–H groups in total. The number of carbonyl (C=O) groups excluding carboxylic acids is 1. The number of piperazine rings is 1. The van der Waals surface area contributed by atoms with Crippen LogP contribution >= 0.6 is 0 Å². The van der Waals surface area contributed by atoms with Gasteiger partial charge in [-0.15, -0.1) is 0 Å². The van der Waals surface area contributed by atoms with Gasteiger partial charge in [0.25, 0.3) is 5.91 Å². The van der Waals surface area contributed by atoms with Crippen molar-refractivity contribution in [2.45, 2.75) is 6.04 Å². The third-order valence-electron chi connectivity index (χ3n) is 5.38. The van der Waals surface area contributed by atoms with Gasteiger partial charge in [0.15, 0.2) is 6.61 Å². The first-order chi connectivity index (χ1) is 14.0. The Morgan fingerprint density at radius 3 is 2.31 bits per heavy atom. The Labute approximate surface area is 174 Å².